The van der Waals surface area contributed by atoms with Crippen molar-refractivity contribution in [2.45, 2.75) is 83.5 Å². The lowest BCUT2D eigenvalue weighted by Gasteiger charge is -2.30. The predicted octanol–water partition coefficient (Wildman–Crippen LogP) is 3.87. The second kappa shape index (κ2) is 12.3. The standard InChI is InChI=1S/C26H37N7O5S/c1-16(2)38-23(24-27-14-17(3)15-28-24)19(5)39(34,35)32-26-31-30-25(20-10-9-12-22(29-20)36-6)33(26)18(4)21-11-7-8-13-37-21/h9-10,12,14-16,18-19,21,23H,7-8,11,13H2,1-6H3,(H,31,32)/t18-,19-,21-,23+/m0/s1. The Hall–Kier alpha value is -3.16. The van der Waals surface area contributed by atoms with Crippen LogP contribution in [0.5, 0.6) is 5.88 Å². The Kier molecular flexibility index (Phi) is 9.13. The van der Waals surface area contributed by atoms with Gasteiger partial charge in [0.1, 0.15) is 17.0 Å². The Balaban J connectivity index is 1.72. The Morgan fingerprint density at radius 2 is 1.85 bits per heavy atom. The van der Waals surface area contributed by atoms with Crippen LogP contribution in [0, 0.1) is 6.92 Å². The van der Waals surface area contributed by atoms with E-state index in [2.05, 4.69) is 29.9 Å². The summed E-state index contributed by atoms with van der Waals surface area (Å²) in [4.78, 5) is 13.2. The molecule has 0 aromatic carbocycles. The van der Waals surface area contributed by atoms with Gasteiger partial charge >= 0.3 is 0 Å². The number of pyridine rings is 1. The van der Waals surface area contributed by atoms with Crippen LogP contribution in [0.1, 0.15) is 70.5 Å². The summed E-state index contributed by atoms with van der Waals surface area (Å²) in [6, 6.07) is 5.02. The summed E-state index contributed by atoms with van der Waals surface area (Å²) >= 11 is 0. The van der Waals surface area contributed by atoms with Crippen LogP contribution in [0.25, 0.3) is 11.5 Å². The number of nitrogens with zero attached hydrogens (tertiary/aromatic N) is 6. The molecule has 13 heteroatoms. The number of sulfonamides is 1. The molecule has 1 N–H and O–H groups in total. The van der Waals surface area contributed by atoms with Crippen LogP contribution in [-0.4, -0.2) is 69.3 Å². The summed E-state index contributed by atoms with van der Waals surface area (Å²) in [7, 11) is -2.52. The van der Waals surface area contributed by atoms with Crippen LogP contribution < -0.4 is 9.46 Å². The van der Waals surface area contributed by atoms with Crippen LogP contribution in [0.2, 0.25) is 0 Å². The van der Waals surface area contributed by atoms with Gasteiger partial charge in [0.25, 0.3) is 0 Å². The number of ether oxygens (including phenoxy) is 3. The summed E-state index contributed by atoms with van der Waals surface area (Å²) in [5.74, 6) is 1.17. The van der Waals surface area contributed by atoms with Crippen molar-refractivity contribution in [3.05, 3.63) is 42.0 Å². The lowest BCUT2D eigenvalue weighted by atomic mass is 10.0. The molecule has 3 aromatic heterocycles. The van der Waals surface area contributed by atoms with Crippen LogP contribution >= 0.6 is 0 Å². The normalized spacial score (nSPS) is 18.5. The third-order valence-corrected chi connectivity index (χ3v) is 8.33. The summed E-state index contributed by atoms with van der Waals surface area (Å²) < 4.78 is 49.3. The average molecular weight is 560 g/mol. The van der Waals surface area contributed by atoms with E-state index < -0.39 is 21.4 Å². The van der Waals surface area contributed by atoms with Crippen molar-refractivity contribution in [3.8, 4) is 17.4 Å². The van der Waals surface area contributed by atoms with Gasteiger partial charge in [0, 0.05) is 25.1 Å². The third-order valence-electron chi connectivity index (χ3n) is 6.64. The molecule has 3 aromatic rings. The molecule has 0 bridgehead atoms. The first-order valence-corrected chi connectivity index (χ1v) is 14.7. The lowest BCUT2D eigenvalue weighted by molar-refractivity contribution is -0.0116. The number of anilines is 1. The van der Waals surface area contributed by atoms with E-state index in [0.717, 1.165) is 24.8 Å². The van der Waals surface area contributed by atoms with Crippen LogP contribution in [-0.2, 0) is 19.5 Å². The van der Waals surface area contributed by atoms with E-state index >= 15 is 0 Å². The highest BCUT2D eigenvalue weighted by Crippen LogP contribution is 2.33. The molecule has 4 rings (SSSR count). The molecule has 1 aliphatic heterocycles. The highest BCUT2D eigenvalue weighted by molar-refractivity contribution is 7.93. The molecule has 4 atom stereocenters. The average Bonchev–Trinajstić information content (AvgIpc) is 3.34. The first kappa shape index (κ1) is 28.8. The molecule has 1 saturated heterocycles. The molecule has 0 aliphatic carbocycles. The van der Waals surface area contributed by atoms with Gasteiger partial charge in [-0.2, -0.15) is 0 Å². The number of aromatic nitrogens is 6. The van der Waals surface area contributed by atoms with Crippen molar-refractivity contribution in [3.63, 3.8) is 0 Å². The zero-order valence-electron chi connectivity index (χ0n) is 23.2. The first-order valence-electron chi connectivity index (χ1n) is 13.1. The van der Waals surface area contributed by atoms with Crippen LogP contribution in [0.4, 0.5) is 5.95 Å². The molecule has 212 valence electrons. The molecule has 1 fully saturated rings. The molecule has 39 heavy (non-hydrogen) atoms. The Labute approximate surface area is 229 Å². The number of rotatable bonds is 11. The molecule has 0 saturated carbocycles. The maximum Gasteiger partial charge on any atom is 0.240 e. The van der Waals surface area contributed by atoms with Crippen molar-refractivity contribution in [2.75, 3.05) is 18.4 Å². The van der Waals surface area contributed by atoms with Gasteiger partial charge in [-0.05, 0) is 65.5 Å². The molecular weight excluding hydrogens is 522 g/mol. The summed E-state index contributed by atoms with van der Waals surface area (Å²) in [6.07, 6.45) is 4.83. The van der Waals surface area contributed by atoms with Gasteiger partial charge in [-0.15, -0.1) is 10.2 Å². The molecule has 0 radical (unpaired) electrons. The number of methoxy groups -OCH3 is 1. The van der Waals surface area contributed by atoms with Crippen LogP contribution in [0.15, 0.2) is 30.6 Å². The van der Waals surface area contributed by atoms with Crippen LogP contribution in [0.3, 0.4) is 0 Å². The largest absolute Gasteiger partial charge is 0.481 e. The highest BCUT2D eigenvalue weighted by atomic mass is 32.2. The van der Waals surface area contributed by atoms with E-state index in [4.69, 9.17) is 14.2 Å². The van der Waals surface area contributed by atoms with E-state index in [0.29, 0.717) is 29.8 Å². The van der Waals surface area contributed by atoms with Crippen molar-refractivity contribution in [2.24, 2.45) is 0 Å². The molecule has 1 aliphatic rings. The lowest BCUT2D eigenvalue weighted by Crippen LogP contribution is -2.36. The second-order valence-electron chi connectivity index (χ2n) is 10.0. The fourth-order valence-corrected chi connectivity index (χ4v) is 5.58. The monoisotopic (exact) mass is 559 g/mol. The number of aryl methyl sites for hydroxylation is 1. The first-order chi connectivity index (χ1) is 18.6. The van der Waals surface area contributed by atoms with Gasteiger partial charge in [0.2, 0.25) is 21.9 Å². The molecular formula is C26H37N7O5S. The summed E-state index contributed by atoms with van der Waals surface area (Å²) in [6.45, 7) is 9.72. The molecule has 4 heterocycles. The molecule has 0 amide bonds. The minimum absolute atomic E-state index is 0.0660. The maximum atomic E-state index is 13.8. The van der Waals surface area contributed by atoms with Crippen molar-refractivity contribution < 1.29 is 22.6 Å². The highest BCUT2D eigenvalue weighted by Gasteiger charge is 2.36. The van der Waals surface area contributed by atoms with E-state index in [-0.39, 0.29) is 24.2 Å². The molecule has 0 spiro atoms. The van der Waals surface area contributed by atoms with E-state index in [1.54, 1.807) is 42.1 Å². The zero-order chi connectivity index (χ0) is 28.2. The number of hydrogen-bond acceptors (Lipinski definition) is 10. The van der Waals surface area contributed by atoms with Crippen molar-refractivity contribution in [1.82, 2.24) is 29.7 Å². The van der Waals surface area contributed by atoms with E-state index in [1.807, 2.05) is 27.7 Å². The Bertz CT molecular complexity index is 1340. The summed E-state index contributed by atoms with van der Waals surface area (Å²) in [5.41, 5.74) is 1.36. The fourth-order valence-electron chi connectivity index (χ4n) is 4.49. The number of nitrogens with one attached hydrogen (secondary N) is 1. The second-order valence-corrected chi connectivity index (χ2v) is 12.0. The van der Waals surface area contributed by atoms with E-state index in [1.165, 1.54) is 7.11 Å². The van der Waals surface area contributed by atoms with Gasteiger partial charge < -0.3 is 14.2 Å². The van der Waals surface area contributed by atoms with E-state index in [9.17, 15) is 8.42 Å². The third kappa shape index (κ3) is 6.71. The van der Waals surface area contributed by atoms with Gasteiger partial charge in [-0.3, -0.25) is 9.29 Å². The van der Waals surface area contributed by atoms with Crippen molar-refractivity contribution in [1.29, 1.82) is 0 Å². The fraction of sp³-hybridized carbons (Fsp3) is 0.577. The topological polar surface area (TPSA) is 143 Å². The molecule has 0 unspecified atom stereocenters. The number of hydrogen-bond donors (Lipinski definition) is 1. The smallest absolute Gasteiger partial charge is 0.240 e. The zero-order valence-corrected chi connectivity index (χ0v) is 24.1. The SMILES string of the molecule is COc1cccc(-c2nnc(NS(=O)(=O)[C@@H](C)[C@@H](OC(C)C)c3ncc(C)cn3)n2[C@@H](C)[C@@H]2CCCCO2)n1. The van der Waals surface area contributed by atoms with Gasteiger partial charge in [0.15, 0.2) is 11.6 Å². The summed E-state index contributed by atoms with van der Waals surface area (Å²) in [5, 5.41) is 7.54. The predicted molar refractivity (Wildman–Crippen MR) is 146 cm³/mol. The van der Waals surface area contributed by atoms with Gasteiger partial charge in [-0.25, -0.2) is 23.4 Å². The minimum atomic E-state index is -4.05. The van der Waals surface area contributed by atoms with Gasteiger partial charge in [0.05, 0.1) is 25.4 Å². The van der Waals surface area contributed by atoms with Gasteiger partial charge in [-0.1, -0.05) is 6.07 Å². The minimum Gasteiger partial charge on any atom is -0.481 e. The Morgan fingerprint density at radius 3 is 2.49 bits per heavy atom. The van der Waals surface area contributed by atoms with Crippen molar-refractivity contribution >= 4 is 16.0 Å². The molecule has 12 nitrogen and oxygen atoms in total. The Morgan fingerprint density at radius 1 is 1.10 bits per heavy atom. The quantitative estimate of drug-likeness (QED) is 0.368. The maximum absolute atomic E-state index is 13.8.